The molecule has 4 aromatic rings. The van der Waals surface area contributed by atoms with Crippen molar-refractivity contribution in [2.75, 3.05) is 5.32 Å². The minimum atomic E-state index is -0.0675. The van der Waals surface area contributed by atoms with Crippen molar-refractivity contribution in [3.05, 3.63) is 101 Å². The summed E-state index contributed by atoms with van der Waals surface area (Å²) in [5.74, 6) is 2.20. The average Bonchev–Trinajstić information content (AvgIpc) is 2.86. The summed E-state index contributed by atoms with van der Waals surface area (Å²) in [5, 5.41) is 21.5. The van der Waals surface area contributed by atoms with Crippen LogP contribution in [0.1, 0.15) is 27.8 Å². The van der Waals surface area contributed by atoms with Gasteiger partial charge >= 0.3 is 0 Å². The third-order valence-corrected chi connectivity index (χ3v) is 5.16. The van der Waals surface area contributed by atoms with Crippen LogP contribution in [0.4, 0.5) is 11.6 Å². The summed E-state index contributed by atoms with van der Waals surface area (Å²) < 4.78 is 12.0. The van der Waals surface area contributed by atoms with Crippen LogP contribution in [0.3, 0.4) is 0 Å². The lowest BCUT2D eigenvalue weighted by atomic mass is 10.1. The van der Waals surface area contributed by atoms with Gasteiger partial charge in [0.2, 0.25) is 11.8 Å². The van der Waals surface area contributed by atoms with Crippen LogP contribution in [0.2, 0.25) is 0 Å². The number of hydrogen-bond donors (Lipinski definition) is 2. The number of nitrogens with zero attached hydrogens (tertiary/aromatic N) is 3. The van der Waals surface area contributed by atoms with E-state index in [0.717, 1.165) is 33.7 Å². The number of rotatable bonds is 8. The van der Waals surface area contributed by atoms with Gasteiger partial charge in [0.15, 0.2) is 0 Å². The first-order valence-electron chi connectivity index (χ1n) is 10.8. The molecule has 0 unspecified atom stereocenters. The smallest absolute Gasteiger partial charge is 0.230 e. The summed E-state index contributed by atoms with van der Waals surface area (Å²) in [6, 6.07) is 22.3. The van der Waals surface area contributed by atoms with Crippen LogP contribution < -0.4 is 14.8 Å². The van der Waals surface area contributed by atoms with Crippen LogP contribution in [0, 0.1) is 25.2 Å². The summed E-state index contributed by atoms with van der Waals surface area (Å²) >= 11 is 0. The summed E-state index contributed by atoms with van der Waals surface area (Å²) in [7, 11) is 0. The zero-order valence-corrected chi connectivity index (χ0v) is 18.9. The Morgan fingerprint density at radius 3 is 2.44 bits per heavy atom. The first kappa shape index (κ1) is 22.8. The highest BCUT2D eigenvalue weighted by Crippen LogP contribution is 2.30. The fourth-order valence-electron chi connectivity index (χ4n) is 3.54. The van der Waals surface area contributed by atoms with E-state index < -0.39 is 0 Å². The molecule has 0 saturated heterocycles. The number of benzene rings is 3. The number of hydrogen-bond acceptors (Lipinski definition) is 7. The molecule has 0 fully saturated rings. The molecule has 0 saturated carbocycles. The van der Waals surface area contributed by atoms with E-state index in [9.17, 15) is 5.11 Å². The second kappa shape index (κ2) is 10.5. The number of aliphatic hydroxyl groups excluding tert-OH is 1. The number of nitriles is 1. The highest BCUT2D eigenvalue weighted by molar-refractivity contribution is 5.55. The molecule has 4 rings (SSSR count). The standard InChI is InChI=1S/C27H24N4O3/c1-18-13-21(17-33-24-6-4-3-5-22(24)16-32)14-19(2)26(18)34-25-11-12-29-27(31-25)30-23-9-7-20(15-28)8-10-23/h3-14,32H,16-17H2,1-2H3,(H,29,30,31). The highest BCUT2D eigenvalue weighted by atomic mass is 16.5. The molecule has 7 heteroatoms. The molecule has 3 aromatic carbocycles. The van der Waals surface area contributed by atoms with E-state index in [1.54, 1.807) is 36.5 Å². The monoisotopic (exact) mass is 452 g/mol. The molecule has 0 atom stereocenters. The Bertz CT molecular complexity index is 1310. The van der Waals surface area contributed by atoms with Crippen molar-refractivity contribution in [1.82, 2.24) is 9.97 Å². The van der Waals surface area contributed by atoms with Gasteiger partial charge in [-0.15, -0.1) is 0 Å². The first-order valence-corrected chi connectivity index (χ1v) is 10.8. The van der Waals surface area contributed by atoms with E-state index >= 15 is 0 Å². The predicted molar refractivity (Wildman–Crippen MR) is 129 cm³/mol. The second-order valence-corrected chi connectivity index (χ2v) is 7.75. The number of anilines is 2. The lowest BCUT2D eigenvalue weighted by molar-refractivity contribution is 0.259. The number of para-hydroxylation sites is 1. The largest absolute Gasteiger partial charge is 0.489 e. The molecular weight excluding hydrogens is 428 g/mol. The topological polar surface area (TPSA) is 100 Å². The molecule has 0 aliphatic rings. The van der Waals surface area contributed by atoms with Crippen molar-refractivity contribution in [2.24, 2.45) is 0 Å². The second-order valence-electron chi connectivity index (χ2n) is 7.75. The molecular formula is C27H24N4O3. The summed E-state index contributed by atoms with van der Waals surface area (Å²) in [6.45, 7) is 4.27. The van der Waals surface area contributed by atoms with Crippen LogP contribution in [0.25, 0.3) is 0 Å². The van der Waals surface area contributed by atoms with E-state index in [4.69, 9.17) is 14.7 Å². The van der Waals surface area contributed by atoms with Crippen LogP contribution >= 0.6 is 0 Å². The molecule has 0 aliphatic carbocycles. The van der Waals surface area contributed by atoms with Gasteiger partial charge in [0.1, 0.15) is 18.1 Å². The molecule has 1 heterocycles. The van der Waals surface area contributed by atoms with Gasteiger partial charge in [-0.2, -0.15) is 10.2 Å². The lowest BCUT2D eigenvalue weighted by Gasteiger charge is -2.15. The third kappa shape index (κ3) is 5.49. The molecule has 0 bridgehead atoms. The zero-order chi connectivity index (χ0) is 23.9. The van der Waals surface area contributed by atoms with Gasteiger partial charge in [-0.05, 0) is 73.0 Å². The molecule has 0 amide bonds. The summed E-state index contributed by atoms with van der Waals surface area (Å²) in [4.78, 5) is 8.69. The van der Waals surface area contributed by atoms with Crippen molar-refractivity contribution in [3.63, 3.8) is 0 Å². The minimum Gasteiger partial charge on any atom is -0.489 e. The molecule has 2 N–H and O–H groups in total. The minimum absolute atomic E-state index is 0.0675. The van der Waals surface area contributed by atoms with Gasteiger partial charge in [0.05, 0.1) is 18.2 Å². The van der Waals surface area contributed by atoms with E-state index in [1.807, 2.05) is 50.2 Å². The molecule has 0 spiro atoms. The van der Waals surface area contributed by atoms with Gasteiger partial charge in [0, 0.05) is 23.5 Å². The fraction of sp³-hybridized carbons (Fsp3) is 0.148. The van der Waals surface area contributed by atoms with Gasteiger partial charge in [0.25, 0.3) is 0 Å². The van der Waals surface area contributed by atoms with Gasteiger partial charge in [-0.3, -0.25) is 0 Å². The fourth-order valence-corrected chi connectivity index (χ4v) is 3.54. The normalized spacial score (nSPS) is 10.4. The van der Waals surface area contributed by atoms with Crippen molar-refractivity contribution in [2.45, 2.75) is 27.1 Å². The summed E-state index contributed by atoms with van der Waals surface area (Å²) in [5.41, 5.74) is 5.02. The summed E-state index contributed by atoms with van der Waals surface area (Å²) in [6.07, 6.45) is 1.62. The van der Waals surface area contributed by atoms with E-state index in [2.05, 4.69) is 21.4 Å². The van der Waals surface area contributed by atoms with Crippen molar-refractivity contribution >= 4 is 11.6 Å². The predicted octanol–water partition coefficient (Wildman–Crippen LogP) is 5.57. The van der Waals surface area contributed by atoms with Gasteiger partial charge < -0.3 is 19.9 Å². The van der Waals surface area contributed by atoms with Crippen LogP contribution in [0.15, 0.2) is 72.9 Å². The van der Waals surface area contributed by atoms with E-state index in [1.165, 1.54) is 0 Å². The average molecular weight is 453 g/mol. The Kier molecular flexibility index (Phi) is 7.01. The molecule has 7 nitrogen and oxygen atoms in total. The zero-order valence-electron chi connectivity index (χ0n) is 18.9. The quantitative estimate of drug-likeness (QED) is 0.360. The van der Waals surface area contributed by atoms with E-state index in [0.29, 0.717) is 29.7 Å². The Morgan fingerprint density at radius 2 is 1.74 bits per heavy atom. The molecule has 0 aliphatic heterocycles. The van der Waals surface area contributed by atoms with Crippen LogP contribution in [-0.2, 0) is 13.2 Å². The Labute approximate surface area is 198 Å². The van der Waals surface area contributed by atoms with Crippen molar-refractivity contribution in [3.8, 4) is 23.4 Å². The first-order chi connectivity index (χ1) is 16.6. The van der Waals surface area contributed by atoms with Crippen molar-refractivity contribution < 1.29 is 14.6 Å². The number of aliphatic hydroxyl groups is 1. The Hall–Kier alpha value is -4.41. The highest BCUT2D eigenvalue weighted by Gasteiger charge is 2.11. The molecule has 170 valence electrons. The maximum absolute atomic E-state index is 9.48. The maximum Gasteiger partial charge on any atom is 0.230 e. The number of nitrogens with one attached hydrogen (secondary N) is 1. The SMILES string of the molecule is Cc1cc(COc2ccccc2CO)cc(C)c1Oc1ccnc(Nc2ccc(C#N)cc2)n1. The molecule has 34 heavy (non-hydrogen) atoms. The lowest BCUT2D eigenvalue weighted by Crippen LogP contribution is -2.02. The third-order valence-electron chi connectivity index (χ3n) is 5.16. The number of ether oxygens (including phenoxy) is 2. The van der Waals surface area contributed by atoms with Gasteiger partial charge in [-0.1, -0.05) is 18.2 Å². The van der Waals surface area contributed by atoms with Crippen LogP contribution in [0.5, 0.6) is 17.4 Å². The molecule has 1 aromatic heterocycles. The number of aromatic nitrogens is 2. The van der Waals surface area contributed by atoms with E-state index in [-0.39, 0.29) is 6.61 Å². The molecule has 0 radical (unpaired) electrons. The van der Waals surface area contributed by atoms with Gasteiger partial charge in [-0.25, -0.2) is 4.98 Å². The van der Waals surface area contributed by atoms with Crippen molar-refractivity contribution in [1.29, 1.82) is 5.26 Å². The number of aryl methyl sites for hydroxylation is 2. The van der Waals surface area contributed by atoms with Crippen LogP contribution in [-0.4, -0.2) is 15.1 Å². The Balaban J connectivity index is 1.46. The maximum atomic E-state index is 9.48. The Morgan fingerprint density at radius 1 is 1.00 bits per heavy atom.